The second-order valence-electron chi connectivity index (χ2n) is 8.17. The molecule has 0 aliphatic carbocycles. The molecule has 0 radical (unpaired) electrons. The third kappa shape index (κ3) is 4.42. The van der Waals surface area contributed by atoms with E-state index in [1.807, 2.05) is 18.2 Å². The molecule has 1 aromatic carbocycles. The predicted molar refractivity (Wildman–Crippen MR) is 98.1 cm³/mol. The summed E-state index contributed by atoms with van der Waals surface area (Å²) in [4.78, 5) is 14.7. The molecule has 0 spiro atoms. The van der Waals surface area contributed by atoms with Gasteiger partial charge in [-0.1, -0.05) is 30.3 Å². The molecule has 3 aliphatic heterocycles. The lowest BCUT2D eigenvalue weighted by Gasteiger charge is -2.30. The zero-order valence-electron chi connectivity index (χ0n) is 15.0. The summed E-state index contributed by atoms with van der Waals surface area (Å²) in [5, 5.41) is 3.67. The van der Waals surface area contributed by atoms with Crippen LogP contribution in [0.5, 0.6) is 0 Å². The van der Waals surface area contributed by atoms with Gasteiger partial charge in [-0.3, -0.25) is 4.79 Å². The summed E-state index contributed by atoms with van der Waals surface area (Å²) in [5.41, 5.74) is 1.22. The molecule has 3 heterocycles. The van der Waals surface area contributed by atoms with Gasteiger partial charge in [0.2, 0.25) is 5.91 Å². The van der Waals surface area contributed by atoms with E-state index in [1.165, 1.54) is 31.2 Å². The lowest BCUT2D eigenvalue weighted by molar-refractivity contribution is -0.131. The van der Waals surface area contributed by atoms with Crippen molar-refractivity contribution in [1.82, 2.24) is 10.2 Å². The highest BCUT2D eigenvalue weighted by molar-refractivity contribution is 5.76. The molecule has 0 saturated carbocycles. The summed E-state index contributed by atoms with van der Waals surface area (Å²) in [5.74, 6) is 1.47. The summed E-state index contributed by atoms with van der Waals surface area (Å²) in [7, 11) is 0. The fourth-order valence-electron chi connectivity index (χ4n) is 4.83. The van der Waals surface area contributed by atoms with Crippen LogP contribution in [0.15, 0.2) is 30.3 Å². The van der Waals surface area contributed by atoms with Gasteiger partial charge in [-0.05, 0) is 43.6 Å². The highest BCUT2D eigenvalue weighted by Crippen LogP contribution is 2.33. The quantitative estimate of drug-likeness (QED) is 0.864. The normalized spacial score (nSPS) is 31.4. The van der Waals surface area contributed by atoms with Crippen molar-refractivity contribution >= 4 is 5.91 Å². The molecule has 3 saturated heterocycles. The first-order chi connectivity index (χ1) is 12.3. The van der Waals surface area contributed by atoms with Gasteiger partial charge in [-0.15, -0.1) is 0 Å². The molecule has 3 fully saturated rings. The number of carbonyl (C=O) groups is 1. The maximum absolute atomic E-state index is 12.7. The number of rotatable bonds is 6. The van der Waals surface area contributed by atoms with E-state index in [2.05, 4.69) is 22.3 Å². The van der Waals surface area contributed by atoms with Crippen LogP contribution in [0.3, 0.4) is 0 Å². The maximum Gasteiger partial charge on any atom is 0.222 e. The zero-order chi connectivity index (χ0) is 17.1. The van der Waals surface area contributed by atoms with Crippen LogP contribution in [0, 0.1) is 11.8 Å². The van der Waals surface area contributed by atoms with Crippen LogP contribution in [0.1, 0.15) is 44.1 Å². The van der Waals surface area contributed by atoms with Crippen LogP contribution in [-0.2, 0) is 16.1 Å². The molecule has 136 valence electrons. The smallest absolute Gasteiger partial charge is 0.222 e. The van der Waals surface area contributed by atoms with Crippen molar-refractivity contribution in [2.24, 2.45) is 11.8 Å². The third-order valence-corrected chi connectivity index (χ3v) is 6.14. The highest BCUT2D eigenvalue weighted by atomic mass is 16.5. The van der Waals surface area contributed by atoms with Gasteiger partial charge in [-0.25, -0.2) is 0 Å². The van der Waals surface area contributed by atoms with E-state index in [9.17, 15) is 4.79 Å². The van der Waals surface area contributed by atoms with Crippen molar-refractivity contribution in [3.05, 3.63) is 35.9 Å². The number of hydrogen-bond acceptors (Lipinski definition) is 3. The van der Waals surface area contributed by atoms with Crippen LogP contribution in [0.2, 0.25) is 0 Å². The van der Waals surface area contributed by atoms with Crippen molar-refractivity contribution in [3.63, 3.8) is 0 Å². The number of piperidine rings is 1. The molecule has 4 heteroatoms. The third-order valence-electron chi connectivity index (χ3n) is 6.14. The Hall–Kier alpha value is -1.39. The summed E-state index contributed by atoms with van der Waals surface area (Å²) < 4.78 is 5.87. The van der Waals surface area contributed by atoms with Gasteiger partial charge >= 0.3 is 0 Å². The van der Waals surface area contributed by atoms with Crippen LogP contribution >= 0.6 is 0 Å². The fraction of sp³-hybridized carbons (Fsp3) is 0.667. The van der Waals surface area contributed by atoms with E-state index in [0.717, 1.165) is 32.5 Å². The average molecular weight is 342 g/mol. The first-order valence-electron chi connectivity index (χ1n) is 9.92. The number of amides is 1. The van der Waals surface area contributed by atoms with E-state index in [-0.39, 0.29) is 0 Å². The Morgan fingerprint density at radius 2 is 1.84 bits per heavy atom. The molecule has 1 amide bonds. The average Bonchev–Trinajstić information content (AvgIpc) is 3.22. The zero-order valence-corrected chi connectivity index (χ0v) is 15.0. The lowest BCUT2D eigenvalue weighted by atomic mass is 9.89. The van der Waals surface area contributed by atoms with Gasteiger partial charge in [0.1, 0.15) is 0 Å². The van der Waals surface area contributed by atoms with E-state index in [0.29, 0.717) is 36.4 Å². The van der Waals surface area contributed by atoms with Gasteiger partial charge in [0.25, 0.3) is 0 Å². The summed E-state index contributed by atoms with van der Waals surface area (Å²) >= 11 is 0. The molecule has 3 aliphatic rings. The van der Waals surface area contributed by atoms with E-state index < -0.39 is 0 Å². The van der Waals surface area contributed by atoms with Crippen LogP contribution in [-0.4, -0.2) is 42.6 Å². The van der Waals surface area contributed by atoms with Crippen molar-refractivity contribution in [2.75, 3.05) is 19.7 Å². The minimum absolute atomic E-state index is 0.372. The monoisotopic (exact) mass is 342 g/mol. The Labute approximate surface area is 150 Å². The number of nitrogens with one attached hydrogen (secondary N) is 1. The van der Waals surface area contributed by atoms with Gasteiger partial charge < -0.3 is 15.0 Å². The first kappa shape index (κ1) is 17.0. The number of likely N-dealkylation sites (tertiary alicyclic amines) is 1. The molecular formula is C21H30N2O2. The predicted octanol–water partition coefficient (Wildman–Crippen LogP) is 2.97. The number of carbonyl (C=O) groups excluding carboxylic acids is 1. The minimum Gasteiger partial charge on any atom is -0.376 e. The molecule has 25 heavy (non-hydrogen) atoms. The Morgan fingerprint density at radius 3 is 2.60 bits per heavy atom. The molecular weight excluding hydrogens is 312 g/mol. The summed E-state index contributed by atoms with van der Waals surface area (Å²) in [6.07, 6.45) is 6.84. The van der Waals surface area contributed by atoms with Gasteiger partial charge in [0, 0.05) is 37.5 Å². The first-order valence-corrected chi connectivity index (χ1v) is 9.92. The van der Waals surface area contributed by atoms with Crippen LogP contribution in [0.25, 0.3) is 0 Å². The minimum atomic E-state index is 0.372. The van der Waals surface area contributed by atoms with Crippen molar-refractivity contribution in [1.29, 1.82) is 0 Å². The SMILES string of the molecule is O=C(CC1CC2CCC(C1)N2)N1CCC(COCc2ccccc2)C1. The topological polar surface area (TPSA) is 41.6 Å². The van der Waals surface area contributed by atoms with E-state index >= 15 is 0 Å². The largest absolute Gasteiger partial charge is 0.376 e. The molecule has 1 N–H and O–H groups in total. The van der Waals surface area contributed by atoms with Gasteiger partial charge in [-0.2, -0.15) is 0 Å². The molecule has 3 atom stereocenters. The van der Waals surface area contributed by atoms with Crippen LogP contribution in [0.4, 0.5) is 0 Å². The number of benzene rings is 1. The summed E-state index contributed by atoms with van der Waals surface area (Å²) in [6.45, 7) is 3.22. The molecule has 3 unspecified atom stereocenters. The second kappa shape index (κ2) is 7.88. The number of fused-ring (bicyclic) bond motifs is 2. The van der Waals surface area contributed by atoms with E-state index in [1.54, 1.807) is 0 Å². The van der Waals surface area contributed by atoms with E-state index in [4.69, 9.17) is 4.74 Å². The molecule has 0 aromatic heterocycles. The van der Waals surface area contributed by atoms with Crippen molar-refractivity contribution < 1.29 is 9.53 Å². The lowest BCUT2D eigenvalue weighted by Crippen LogP contribution is -2.40. The Balaban J connectivity index is 1.17. The molecule has 4 nitrogen and oxygen atoms in total. The molecule has 1 aromatic rings. The van der Waals surface area contributed by atoms with Gasteiger partial charge in [0.15, 0.2) is 0 Å². The number of hydrogen-bond donors (Lipinski definition) is 1. The fourth-order valence-corrected chi connectivity index (χ4v) is 4.83. The Bertz CT molecular complexity index is 565. The Kier molecular flexibility index (Phi) is 5.37. The van der Waals surface area contributed by atoms with Gasteiger partial charge in [0.05, 0.1) is 13.2 Å². The number of nitrogens with zero attached hydrogens (tertiary/aromatic N) is 1. The number of ether oxygens (including phenoxy) is 1. The second-order valence-corrected chi connectivity index (χ2v) is 8.17. The summed E-state index contributed by atoms with van der Waals surface area (Å²) in [6, 6.07) is 11.7. The van der Waals surface area contributed by atoms with Crippen molar-refractivity contribution in [2.45, 2.75) is 57.2 Å². The highest BCUT2D eigenvalue weighted by Gasteiger charge is 2.35. The molecule has 2 bridgehead atoms. The standard InChI is InChI=1S/C21H30N2O2/c24-21(12-18-10-19-6-7-20(11-18)22-19)23-9-8-17(13-23)15-25-14-16-4-2-1-3-5-16/h1-5,17-20,22H,6-15H2. The maximum atomic E-state index is 12.7. The van der Waals surface area contributed by atoms with Crippen LogP contribution < -0.4 is 5.32 Å². The Morgan fingerprint density at radius 1 is 1.08 bits per heavy atom. The van der Waals surface area contributed by atoms with Crippen molar-refractivity contribution in [3.8, 4) is 0 Å². The molecule has 4 rings (SSSR count).